The predicted molar refractivity (Wildman–Crippen MR) is 88.9 cm³/mol. The van der Waals surface area contributed by atoms with Gasteiger partial charge in [-0.15, -0.1) is 12.4 Å². The molecule has 4 nitrogen and oxygen atoms in total. The van der Waals surface area contributed by atoms with Crippen LogP contribution in [-0.4, -0.2) is 44.2 Å². The predicted octanol–water partition coefficient (Wildman–Crippen LogP) is 2.13. The largest absolute Gasteiger partial charge is 0.383 e. The standard InChI is InChI=1S/C16H26N2O2.ClH/c1-12-6-8-13(9-7-12)16(2,3)11-18(4)15(19)14(17)10-20-5;/h6-9,14H,10-11,17H2,1-5H3;1H. The van der Waals surface area contributed by atoms with Crippen LogP contribution in [0, 0.1) is 6.92 Å². The Bertz CT molecular complexity index is 446. The third kappa shape index (κ3) is 5.65. The SMILES string of the molecule is COCC(N)C(=O)N(C)CC(C)(C)c1ccc(C)cc1.Cl. The first-order valence-electron chi connectivity index (χ1n) is 6.84. The lowest BCUT2D eigenvalue weighted by Gasteiger charge is -2.32. The Morgan fingerprint density at radius 3 is 2.33 bits per heavy atom. The molecule has 120 valence electrons. The number of hydrogen-bond donors (Lipinski definition) is 1. The number of benzene rings is 1. The number of hydrogen-bond acceptors (Lipinski definition) is 3. The van der Waals surface area contributed by atoms with E-state index >= 15 is 0 Å². The van der Waals surface area contributed by atoms with Gasteiger partial charge in [0.15, 0.2) is 0 Å². The zero-order valence-electron chi connectivity index (χ0n) is 13.6. The molecule has 1 rings (SSSR count). The van der Waals surface area contributed by atoms with Crippen LogP contribution in [0.4, 0.5) is 0 Å². The van der Waals surface area contributed by atoms with Crippen molar-refractivity contribution in [2.75, 3.05) is 27.3 Å². The minimum Gasteiger partial charge on any atom is -0.383 e. The molecule has 2 N–H and O–H groups in total. The first-order chi connectivity index (χ1) is 9.27. The van der Waals surface area contributed by atoms with Gasteiger partial charge >= 0.3 is 0 Å². The van der Waals surface area contributed by atoms with E-state index in [9.17, 15) is 4.79 Å². The fourth-order valence-electron chi connectivity index (χ4n) is 2.30. The first-order valence-corrected chi connectivity index (χ1v) is 6.84. The Hall–Kier alpha value is -1.10. The second kappa shape index (κ2) is 8.37. The molecule has 1 amide bonds. The highest BCUT2D eigenvalue weighted by molar-refractivity contribution is 5.85. The third-order valence-corrected chi connectivity index (χ3v) is 3.51. The lowest BCUT2D eigenvalue weighted by molar-refractivity contribution is -0.133. The smallest absolute Gasteiger partial charge is 0.241 e. The van der Waals surface area contributed by atoms with Crippen LogP contribution < -0.4 is 5.73 Å². The summed E-state index contributed by atoms with van der Waals surface area (Å²) in [6.07, 6.45) is 0. The van der Waals surface area contributed by atoms with Crippen molar-refractivity contribution in [3.8, 4) is 0 Å². The summed E-state index contributed by atoms with van der Waals surface area (Å²) in [6, 6.07) is 7.81. The van der Waals surface area contributed by atoms with Crippen molar-refractivity contribution >= 4 is 18.3 Å². The Balaban J connectivity index is 0.00000400. The molecule has 0 aromatic heterocycles. The van der Waals surface area contributed by atoms with Gasteiger partial charge in [0.05, 0.1) is 6.61 Å². The van der Waals surface area contributed by atoms with Crippen molar-refractivity contribution in [1.29, 1.82) is 0 Å². The van der Waals surface area contributed by atoms with E-state index in [1.54, 1.807) is 19.1 Å². The van der Waals surface area contributed by atoms with Crippen LogP contribution in [0.1, 0.15) is 25.0 Å². The van der Waals surface area contributed by atoms with E-state index in [0.717, 1.165) is 0 Å². The Labute approximate surface area is 134 Å². The highest BCUT2D eigenvalue weighted by atomic mass is 35.5. The van der Waals surface area contributed by atoms with E-state index in [2.05, 4.69) is 45.0 Å². The molecule has 0 heterocycles. The maximum Gasteiger partial charge on any atom is 0.241 e. The minimum absolute atomic E-state index is 0. The summed E-state index contributed by atoms with van der Waals surface area (Å²) in [7, 11) is 3.33. The summed E-state index contributed by atoms with van der Waals surface area (Å²) in [5, 5.41) is 0. The van der Waals surface area contributed by atoms with E-state index in [1.807, 2.05) is 0 Å². The molecule has 0 aliphatic heterocycles. The summed E-state index contributed by atoms with van der Waals surface area (Å²) in [4.78, 5) is 13.8. The normalized spacial score (nSPS) is 12.5. The van der Waals surface area contributed by atoms with Crippen LogP contribution >= 0.6 is 12.4 Å². The number of nitrogens with two attached hydrogens (primary N) is 1. The fraction of sp³-hybridized carbons (Fsp3) is 0.562. The molecular formula is C16H27ClN2O2. The number of methoxy groups -OCH3 is 1. The van der Waals surface area contributed by atoms with Crippen molar-refractivity contribution in [1.82, 2.24) is 4.90 Å². The van der Waals surface area contributed by atoms with Crippen molar-refractivity contribution in [2.45, 2.75) is 32.2 Å². The summed E-state index contributed by atoms with van der Waals surface area (Å²) < 4.78 is 4.93. The van der Waals surface area contributed by atoms with Gasteiger partial charge < -0.3 is 15.4 Å². The molecule has 1 unspecified atom stereocenters. The number of likely N-dealkylation sites (N-methyl/N-ethyl adjacent to an activating group) is 1. The lowest BCUT2D eigenvalue weighted by Crippen LogP contribution is -2.48. The van der Waals surface area contributed by atoms with Gasteiger partial charge in [-0.05, 0) is 12.5 Å². The van der Waals surface area contributed by atoms with Gasteiger partial charge in [0.25, 0.3) is 0 Å². The average molecular weight is 315 g/mol. The Morgan fingerprint density at radius 2 is 1.86 bits per heavy atom. The molecule has 0 aliphatic rings. The van der Waals surface area contributed by atoms with Crippen LogP contribution in [0.5, 0.6) is 0 Å². The molecule has 1 aromatic carbocycles. The second-order valence-corrected chi connectivity index (χ2v) is 6.01. The van der Waals surface area contributed by atoms with Crippen molar-refractivity contribution in [2.24, 2.45) is 5.73 Å². The molecule has 0 aliphatic carbocycles. The number of halogens is 1. The molecule has 0 spiro atoms. The first kappa shape index (κ1) is 19.9. The van der Waals surface area contributed by atoms with Gasteiger partial charge in [-0.25, -0.2) is 0 Å². The van der Waals surface area contributed by atoms with Gasteiger partial charge in [-0.2, -0.15) is 0 Å². The molecule has 1 aromatic rings. The number of amides is 1. The van der Waals surface area contributed by atoms with Crippen molar-refractivity contribution in [3.63, 3.8) is 0 Å². The Kier molecular flexibility index (Phi) is 7.93. The van der Waals surface area contributed by atoms with Crippen molar-refractivity contribution in [3.05, 3.63) is 35.4 Å². The molecule has 5 heteroatoms. The monoisotopic (exact) mass is 314 g/mol. The van der Waals surface area contributed by atoms with E-state index in [4.69, 9.17) is 10.5 Å². The van der Waals surface area contributed by atoms with Gasteiger partial charge in [-0.3, -0.25) is 4.79 Å². The number of carbonyl (C=O) groups excluding carboxylic acids is 1. The highest BCUT2D eigenvalue weighted by Crippen LogP contribution is 2.24. The molecule has 0 fully saturated rings. The molecular weight excluding hydrogens is 288 g/mol. The zero-order valence-corrected chi connectivity index (χ0v) is 14.4. The van der Waals surface area contributed by atoms with E-state index in [1.165, 1.54) is 11.1 Å². The summed E-state index contributed by atoms with van der Waals surface area (Å²) in [5.74, 6) is -0.0907. The van der Waals surface area contributed by atoms with Crippen LogP contribution in [0.2, 0.25) is 0 Å². The summed E-state index contributed by atoms with van der Waals surface area (Å²) >= 11 is 0. The van der Waals surface area contributed by atoms with E-state index in [-0.39, 0.29) is 30.3 Å². The number of ether oxygens (including phenoxy) is 1. The Morgan fingerprint density at radius 1 is 1.33 bits per heavy atom. The second-order valence-electron chi connectivity index (χ2n) is 6.01. The molecule has 0 radical (unpaired) electrons. The maximum atomic E-state index is 12.1. The topological polar surface area (TPSA) is 55.6 Å². The minimum atomic E-state index is -0.598. The van der Waals surface area contributed by atoms with E-state index in [0.29, 0.717) is 6.54 Å². The van der Waals surface area contributed by atoms with Crippen molar-refractivity contribution < 1.29 is 9.53 Å². The quantitative estimate of drug-likeness (QED) is 0.875. The van der Waals surface area contributed by atoms with Crippen LogP contribution in [0.25, 0.3) is 0 Å². The average Bonchev–Trinajstić information content (AvgIpc) is 2.38. The lowest BCUT2D eigenvalue weighted by atomic mass is 9.83. The number of nitrogens with zero attached hydrogens (tertiary/aromatic N) is 1. The zero-order chi connectivity index (χ0) is 15.3. The third-order valence-electron chi connectivity index (χ3n) is 3.51. The number of aryl methyl sites for hydroxylation is 1. The maximum absolute atomic E-state index is 12.1. The number of carbonyl (C=O) groups is 1. The fourth-order valence-corrected chi connectivity index (χ4v) is 2.30. The van der Waals surface area contributed by atoms with Crippen LogP contribution in [0.3, 0.4) is 0 Å². The molecule has 0 saturated carbocycles. The van der Waals surface area contributed by atoms with Gasteiger partial charge in [0.2, 0.25) is 5.91 Å². The van der Waals surface area contributed by atoms with E-state index < -0.39 is 6.04 Å². The molecule has 1 atom stereocenters. The van der Waals surface area contributed by atoms with Gasteiger partial charge in [0.1, 0.15) is 6.04 Å². The molecule has 21 heavy (non-hydrogen) atoms. The van der Waals surface area contributed by atoms with Crippen LogP contribution in [0.15, 0.2) is 24.3 Å². The highest BCUT2D eigenvalue weighted by Gasteiger charge is 2.26. The van der Waals surface area contributed by atoms with Gasteiger partial charge in [-0.1, -0.05) is 43.7 Å². The number of rotatable bonds is 6. The van der Waals surface area contributed by atoms with Gasteiger partial charge in [0, 0.05) is 26.1 Å². The molecule has 0 saturated heterocycles. The summed E-state index contributed by atoms with van der Waals surface area (Å²) in [5.41, 5.74) is 8.11. The summed E-state index contributed by atoms with van der Waals surface area (Å²) in [6.45, 7) is 7.18. The molecule has 0 bridgehead atoms. The van der Waals surface area contributed by atoms with Crippen LogP contribution in [-0.2, 0) is 14.9 Å².